The van der Waals surface area contributed by atoms with Crippen LogP contribution in [0.4, 0.5) is 0 Å². The van der Waals surface area contributed by atoms with Crippen molar-refractivity contribution in [3.05, 3.63) is 57.8 Å². The van der Waals surface area contributed by atoms with Crippen molar-refractivity contribution < 1.29 is 18.7 Å². The van der Waals surface area contributed by atoms with E-state index in [1.807, 2.05) is 12.1 Å². The van der Waals surface area contributed by atoms with E-state index in [2.05, 4.69) is 9.97 Å². The van der Waals surface area contributed by atoms with Gasteiger partial charge in [0, 0.05) is 5.56 Å². The SMILES string of the molecule is Cc1oc2nc[nH]c(=O)c2c1C(=O)/C=C/c1cccc2c1OCO2. The minimum atomic E-state index is -0.411. The number of allylic oxidation sites excluding steroid dienone is 1. The molecule has 2 aromatic heterocycles. The monoisotopic (exact) mass is 324 g/mol. The van der Waals surface area contributed by atoms with Crippen LogP contribution in [0.1, 0.15) is 21.7 Å². The first-order valence-electron chi connectivity index (χ1n) is 7.23. The molecule has 24 heavy (non-hydrogen) atoms. The van der Waals surface area contributed by atoms with E-state index in [1.165, 1.54) is 12.4 Å². The van der Waals surface area contributed by atoms with Crippen LogP contribution in [0.3, 0.4) is 0 Å². The molecule has 4 rings (SSSR count). The number of carbonyl (C=O) groups excluding carboxylic acids is 1. The number of fused-ring (bicyclic) bond motifs is 2. The molecule has 120 valence electrons. The summed E-state index contributed by atoms with van der Waals surface area (Å²) < 4.78 is 16.1. The minimum Gasteiger partial charge on any atom is -0.454 e. The van der Waals surface area contributed by atoms with E-state index >= 15 is 0 Å². The predicted octanol–water partition coefficient (Wildman–Crippen LogP) is 2.45. The van der Waals surface area contributed by atoms with E-state index in [-0.39, 0.29) is 29.2 Å². The fourth-order valence-electron chi connectivity index (χ4n) is 2.68. The average Bonchev–Trinajstić information content (AvgIpc) is 3.17. The van der Waals surface area contributed by atoms with E-state index in [1.54, 1.807) is 19.1 Å². The second kappa shape index (κ2) is 5.38. The normalized spacial score (nSPS) is 13.0. The minimum absolute atomic E-state index is 0.144. The Labute approximate surface area is 135 Å². The maximum Gasteiger partial charge on any atom is 0.262 e. The number of furan rings is 1. The Morgan fingerprint density at radius 3 is 3.08 bits per heavy atom. The first kappa shape index (κ1) is 14.3. The number of ketones is 1. The molecule has 0 saturated carbocycles. The zero-order chi connectivity index (χ0) is 16.7. The maximum absolute atomic E-state index is 12.6. The number of carbonyl (C=O) groups is 1. The van der Waals surface area contributed by atoms with Crippen molar-refractivity contribution in [1.29, 1.82) is 0 Å². The Kier molecular flexibility index (Phi) is 3.19. The average molecular weight is 324 g/mol. The molecule has 0 bridgehead atoms. The number of nitrogens with zero attached hydrogens (tertiary/aromatic N) is 1. The van der Waals surface area contributed by atoms with E-state index in [9.17, 15) is 9.59 Å². The summed E-state index contributed by atoms with van der Waals surface area (Å²) in [5.74, 6) is 1.23. The zero-order valence-corrected chi connectivity index (χ0v) is 12.7. The van der Waals surface area contributed by atoms with Gasteiger partial charge in [0.05, 0.1) is 11.9 Å². The molecule has 1 N–H and O–H groups in total. The predicted molar refractivity (Wildman–Crippen MR) is 85.3 cm³/mol. The molecule has 0 fully saturated rings. The Morgan fingerprint density at radius 2 is 2.21 bits per heavy atom. The third-order valence-corrected chi connectivity index (χ3v) is 3.76. The highest BCUT2D eigenvalue weighted by Crippen LogP contribution is 2.36. The van der Waals surface area contributed by atoms with Crippen LogP contribution in [-0.4, -0.2) is 22.5 Å². The van der Waals surface area contributed by atoms with Gasteiger partial charge in [0.1, 0.15) is 11.1 Å². The molecular formula is C17H12N2O5. The van der Waals surface area contributed by atoms with Crippen LogP contribution < -0.4 is 15.0 Å². The van der Waals surface area contributed by atoms with Gasteiger partial charge in [-0.1, -0.05) is 12.1 Å². The summed E-state index contributed by atoms with van der Waals surface area (Å²) in [7, 11) is 0. The number of nitrogens with one attached hydrogen (secondary N) is 1. The molecule has 3 heterocycles. The quantitative estimate of drug-likeness (QED) is 0.587. The summed E-state index contributed by atoms with van der Waals surface area (Å²) in [4.78, 5) is 30.9. The van der Waals surface area contributed by atoms with Crippen LogP contribution in [0.25, 0.3) is 17.2 Å². The molecule has 0 unspecified atom stereocenters. The van der Waals surface area contributed by atoms with Crippen LogP contribution in [0.5, 0.6) is 11.5 Å². The van der Waals surface area contributed by atoms with Gasteiger partial charge >= 0.3 is 0 Å². The lowest BCUT2D eigenvalue weighted by molar-refractivity contribution is 0.104. The van der Waals surface area contributed by atoms with Crippen LogP contribution >= 0.6 is 0 Å². The standard InChI is InChI=1S/C17H12N2O5/c1-9-13(14-16(21)18-7-19-17(14)24-9)11(20)6-5-10-3-2-4-12-15(10)23-8-22-12/h2-7H,8H2,1H3,(H,18,19,21)/b6-5+. The van der Waals surface area contributed by atoms with E-state index in [0.29, 0.717) is 17.3 Å². The highest BCUT2D eigenvalue weighted by atomic mass is 16.7. The number of para-hydroxylation sites is 1. The lowest BCUT2D eigenvalue weighted by atomic mass is 10.1. The van der Waals surface area contributed by atoms with E-state index in [4.69, 9.17) is 13.9 Å². The number of ether oxygens (including phenoxy) is 2. The molecule has 1 aliphatic rings. The van der Waals surface area contributed by atoms with Gasteiger partial charge in [0.25, 0.3) is 5.56 Å². The zero-order valence-electron chi connectivity index (χ0n) is 12.7. The molecule has 7 nitrogen and oxygen atoms in total. The summed E-state index contributed by atoms with van der Waals surface area (Å²) in [6.07, 6.45) is 4.24. The molecule has 0 amide bonds. The smallest absolute Gasteiger partial charge is 0.262 e. The van der Waals surface area contributed by atoms with Crippen LogP contribution in [0, 0.1) is 6.92 Å². The van der Waals surface area contributed by atoms with Gasteiger partial charge in [0.15, 0.2) is 17.3 Å². The number of hydrogen-bond donors (Lipinski definition) is 1. The van der Waals surface area contributed by atoms with Crippen molar-refractivity contribution in [2.45, 2.75) is 6.92 Å². The van der Waals surface area contributed by atoms with Gasteiger partial charge in [-0.25, -0.2) is 4.98 Å². The third kappa shape index (κ3) is 2.18. The molecule has 7 heteroatoms. The number of aromatic amines is 1. The molecule has 3 aromatic rings. The second-order valence-corrected chi connectivity index (χ2v) is 5.22. The lowest BCUT2D eigenvalue weighted by Gasteiger charge is -2.00. The number of aromatic nitrogens is 2. The molecule has 0 spiro atoms. The number of hydrogen-bond acceptors (Lipinski definition) is 6. The fraction of sp³-hybridized carbons (Fsp3) is 0.118. The van der Waals surface area contributed by atoms with Gasteiger partial charge in [0.2, 0.25) is 12.5 Å². The molecular weight excluding hydrogens is 312 g/mol. The third-order valence-electron chi connectivity index (χ3n) is 3.76. The molecule has 1 aromatic carbocycles. The Balaban J connectivity index is 1.75. The Morgan fingerprint density at radius 1 is 1.33 bits per heavy atom. The van der Waals surface area contributed by atoms with E-state index in [0.717, 1.165) is 5.56 Å². The molecule has 0 aliphatic carbocycles. The number of aryl methyl sites for hydroxylation is 1. The van der Waals surface area contributed by atoms with Crippen LogP contribution in [0.15, 0.2) is 39.8 Å². The van der Waals surface area contributed by atoms with Gasteiger partial charge in [-0.15, -0.1) is 0 Å². The van der Waals surface area contributed by atoms with Gasteiger partial charge in [-0.2, -0.15) is 0 Å². The van der Waals surface area contributed by atoms with Crippen molar-refractivity contribution in [2.75, 3.05) is 6.79 Å². The fourth-order valence-corrected chi connectivity index (χ4v) is 2.68. The summed E-state index contributed by atoms with van der Waals surface area (Å²) >= 11 is 0. The maximum atomic E-state index is 12.6. The first-order chi connectivity index (χ1) is 11.6. The summed E-state index contributed by atoms with van der Waals surface area (Å²) in [5.41, 5.74) is 0.660. The van der Waals surface area contributed by atoms with Crippen LogP contribution in [0.2, 0.25) is 0 Å². The second-order valence-electron chi connectivity index (χ2n) is 5.22. The summed E-state index contributed by atoms with van der Waals surface area (Å²) in [6.45, 7) is 1.78. The lowest BCUT2D eigenvalue weighted by Crippen LogP contribution is -2.09. The summed E-state index contributed by atoms with van der Waals surface area (Å²) in [6, 6.07) is 5.41. The molecule has 0 radical (unpaired) electrons. The highest BCUT2D eigenvalue weighted by Gasteiger charge is 2.20. The van der Waals surface area contributed by atoms with Crippen molar-refractivity contribution in [1.82, 2.24) is 9.97 Å². The highest BCUT2D eigenvalue weighted by molar-refractivity contribution is 6.14. The van der Waals surface area contributed by atoms with Gasteiger partial charge in [-0.05, 0) is 25.1 Å². The summed E-state index contributed by atoms with van der Waals surface area (Å²) in [5, 5.41) is 0.155. The topological polar surface area (TPSA) is 94.4 Å². The largest absolute Gasteiger partial charge is 0.454 e. The molecule has 0 atom stereocenters. The molecule has 1 aliphatic heterocycles. The van der Waals surface area contributed by atoms with Gasteiger partial charge < -0.3 is 18.9 Å². The van der Waals surface area contributed by atoms with E-state index < -0.39 is 5.56 Å². The van der Waals surface area contributed by atoms with Crippen molar-refractivity contribution in [3.8, 4) is 11.5 Å². The van der Waals surface area contributed by atoms with Crippen LogP contribution in [-0.2, 0) is 0 Å². The first-order valence-corrected chi connectivity index (χ1v) is 7.23. The molecule has 0 saturated heterocycles. The Hall–Kier alpha value is -3.35. The van der Waals surface area contributed by atoms with Crippen molar-refractivity contribution in [2.24, 2.45) is 0 Å². The van der Waals surface area contributed by atoms with Gasteiger partial charge in [-0.3, -0.25) is 9.59 Å². The van der Waals surface area contributed by atoms with Crippen molar-refractivity contribution in [3.63, 3.8) is 0 Å². The number of benzene rings is 1. The number of H-pyrrole nitrogens is 1. The Bertz CT molecular complexity index is 1040. The van der Waals surface area contributed by atoms with Crippen molar-refractivity contribution >= 4 is 23.0 Å². The number of rotatable bonds is 3.